The number of alkyl halides is 3. The molecule has 2 nitrogen and oxygen atoms in total. The van der Waals surface area contributed by atoms with E-state index < -0.39 is 11.7 Å². The first-order valence-electron chi connectivity index (χ1n) is 7.06. The third-order valence-corrected chi connectivity index (χ3v) is 4.27. The molecule has 1 fully saturated rings. The summed E-state index contributed by atoms with van der Waals surface area (Å²) in [6.45, 7) is 2.16. The zero-order valence-electron chi connectivity index (χ0n) is 11.8. The Kier molecular flexibility index (Phi) is 4.76. The topological polar surface area (TPSA) is 38.0 Å². The van der Waals surface area contributed by atoms with Crippen molar-refractivity contribution >= 4 is 22.9 Å². The Morgan fingerprint density at radius 3 is 2.52 bits per heavy atom. The van der Waals surface area contributed by atoms with Crippen molar-refractivity contribution in [2.75, 3.05) is 5.32 Å². The van der Waals surface area contributed by atoms with E-state index in [9.17, 15) is 13.2 Å². The molecule has 116 valence electrons. The van der Waals surface area contributed by atoms with Gasteiger partial charge in [0, 0.05) is 17.3 Å². The molecule has 3 N–H and O–H groups in total. The fourth-order valence-corrected chi connectivity index (χ4v) is 3.00. The van der Waals surface area contributed by atoms with Crippen LogP contribution < -0.4 is 11.1 Å². The van der Waals surface area contributed by atoms with Gasteiger partial charge in [-0.3, -0.25) is 0 Å². The van der Waals surface area contributed by atoms with E-state index >= 15 is 0 Å². The molecule has 6 heteroatoms. The van der Waals surface area contributed by atoms with Crippen LogP contribution in [0.25, 0.3) is 0 Å². The number of rotatable bonds is 3. The van der Waals surface area contributed by atoms with Crippen molar-refractivity contribution in [2.24, 2.45) is 11.7 Å². The van der Waals surface area contributed by atoms with Crippen LogP contribution in [0.15, 0.2) is 18.2 Å². The van der Waals surface area contributed by atoms with E-state index in [0.717, 1.165) is 25.3 Å². The molecule has 1 aromatic rings. The molecular formula is C15H19F3N2S. The average Bonchev–Trinajstić information content (AvgIpc) is 2.40. The lowest BCUT2D eigenvalue weighted by atomic mass is 9.86. The highest BCUT2D eigenvalue weighted by molar-refractivity contribution is 7.80. The summed E-state index contributed by atoms with van der Waals surface area (Å²) in [5.41, 5.74) is 5.19. The maximum atomic E-state index is 12.9. The predicted octanol–water partition coefficient (Wildman–Crippen LogP) is 4.33. The molecule has 2 rings (SSSR count). The molecule has 0 radical (unpaired) electrons. The summed E-state index contributed by atoms with van der Waals surface area (Å²) in [5.74, 6) is 0.509. The van der Waals surface area contributed by atoms with Crippen molar-refractivity contribution in [1.82, 2.24) is 0 Å². The van der Waals surface area contributed by atoms with Gasteiger partial charge in [0.05, 0.1) is 5.56 Å². The molecule has 1 aliphatic carbocycles. The molecule has 1 aliphatic rings. The third-order valence-electron chi connectivity index (χ3n) is 4.05. The molecule has 0 saturated heterocycles. The number of hydrogen-bond donors (Lipinski definition) is 2. The van der Waals surface area contributed by atoms with Crippen LogP contribution in [0.1, 0.15) is 43.7 Å². The first-order chi connectivity index (χ1) is 9.79. The van der Waals surface area contributed by atoms with Crippen molar-refractivity contribution < 1.29 is 13.2 Å². The van der Waals surface area contributed by atoms with Crippen LogP contribution in [0, 0.1) is 5.92 Å². The number of nitrogens with two attached hydrogens (primary N) is 1. The van der Waals surface area contributed by atoms with Gasteiger partial charge in [0.2, 0.25) is 0 Å². The minimum atomic E-state index is -4.45. The Bertz CT molecular complexity index is 528. The van der Waals surface area contributed by atoms with E-state index in [1.54, 1.807) is 0 Å². The van der Waals surface area contributed by atoms with E-state index in [1.807, 2.05) is 0 Å². The molecule has 0 amide bonds. The van der Waals surface area contributed by atoms with E-state index in [2.05, 4.69) is 12.2 Å². The largest absolute Gasteiger partial charge is 0.417 e. The Morgan fingerprint density at radius 1 is 1.29 bits per heavy atom. The maximum absolute atomic E-state index is 12.9. The van der Waals surface area contributed by atoms with Gasteiger partial charge in [0.15, 0.2) is 0 Å². The van der Waals surface area contributed by atoms with Crippen LogP contribution in [-0.2, 0) is 6.18 Å². The summed E-state index contributed by atoms with van der Waals surface area (Å²) in [6.07, 6.45) is 0.0791. The second kappa shape index (κ2) is 6.22. The van der Waals surface area contributed by atoms with E-state index in [0.29, 0.717) is 11.6 Å². The number of nitrogens with one attached hydrogen (secondary N) is 1. The molecule has 0 spiro atoms. The molecule has 2 unspecified atom stereocenters. The Balaban J connectivity index is 2.26. The molecule has 21 heavy (non-hydrogen) atoms. The molecule has 1 aromatic carbocycles. The Morgan fingerprint density at radius 2 is 1.95 bits per heavy atom. The first-order valence-corrected chi connectivity index (χ1v) is 7.47. The van der Waals surface area contributed by atoms with Crippen molar-refractivity contribution in [1.29, 1.82) is 0 Å². The number of benzene rings is 1. The van der Waals surface area contributed by atoms with Crippen LogP contribution in [0.5, 0.6) is 0 Å². The van der Waals surface area contributed by atoms with Gasteiger partial charge in [0.25, 0.3) is 0 Å². The lowest BCUT2D eigenvalue weighted by Gasteiger charge is -2.30. The van der Waals surface area contributed by atoms with Gasteiger partial charge in [-0.2, -0.15) is 13.2 Å². The van der Waals surface area contributed by atoms with Crippen LogP contribution >= 0.6 is 12.2 Å². The summed E-state index contributed by atoms with van der Waals surface area (Å²) < 4.78 is 38.8. The lowest BCUT2D eigenvalue weighted by molar-refractivity contribution is -0.137. The number of anilines is 1. The van der Waals surface area contributed by atoms with Crippen molar-refractivity contribution in [2.45, 2.75) is 44.8 Å². The van der Waals surface area contributed by atoms with Gasteiger partial charge in [0.1, 0.15) is 4.99 Å². The number of hydrogen-bond acceptors (Lipinski definition) is 2. The summed E-state index contributed by atoms with van der Waals surface area (Å²) in [6, 6.07) is 4.19. The second-order valence-electron chi connectivity index (χ2n) is 5.63. The fraction of sp³-hybridized carbons (Fsp3) is 0.533. The molecule has 1 saturated carbocycles. The highest BCUT2D eigenvalue weighted by Gasteiger charge is 2.34. The van der Waals surface area contributed by atoms with Gasteiger partial charge in [-0.25, -0.2) is 0 Å². The van der Waals surface area contributed by atoms with E-state index in [-0.39, 0.29) is 16.6 Å². The SMILES string of the molecule is CC1CCCCC1Nc1ccc(C(F)(F)F)c(C(N)=S)c1. The van der Waals surface area contributed by atoms with Gasteiger partial charge in [-0.05, 0) is 37.0 Å². The molecule has 0 bridgehead atoms. The highest BCUT2D eigenvalue weighted by atomic mass is 32.1. The molecule has 0 aliphatic heterocycles. The van der Waals surface area contributed by atoms with E-state index in [1.165, 1.54) is 18.6 Å². The zero-order chi connectivity index (χ0) is 15.6. The zero-order valence-corrected chi connectivity index (χ0v) is 12.7. The van der Waals surface area contributed by atoms with Crippen LogP contribution in [-0.4, -0.2) is 11.0 Å². The Labute approximate surface area is 127 Å². The first kappa shape index (κ1) is 16.1. The summed E-state index contributed by atoms with van der Waals surface area (Å²) in [7, 11) is 0. The quantitative estimate of drug-likeness (QED) is 0.815. The number of thiocarbonyl (C=S) groups is 1. The van der Waals surface area contributed by atoms with Gasteiger partial charge in [-0.1, -0.05) is 32.0 Å². The van der Waals surface area contributed by atoms with E-state index in [4.69, 9.17) is 18.0 Å². The smallest absolute Gasteiger partial charge is 0.389 e. The normalized spacial score (nSPS) is 22.9. The average molecular weight is 316 g/mol. The van der Waals surface area contributed by atoms with Crippen molar-refractivity contribution in [3.05, 3.63) is 29.3 Å². The molecule has 0 aromatic heterocycles. The van der Waals surface area contributed by atoms with Crippen molar-refractivity contribution in [3.8, 4) is 0 Å². The Hall–Kier alpha value is -1.30. The van der Waals surface area contributed by atoms with Gasteiger partial charge >= 0.3 is 6.18 Å². The monoisotopic (exact) mass is 316 g/mol. The van der Waals surface area contributed by atoms with Crippen molar-refractivity contribution in [3.63, 3.8) is 0 Å². The van der Waals surface area contributed by atoms with Crippen LogP contribution in [0.2, 0.25) is 0 Å². The van der Waals surface area contributed by atoms with Gasteiger partial charge < -0.3 is 11.1 Å². The minimum absolute atomic E-state index is 0.119. The van der Waals surface area contributed by atoms with Crippen LogP contribution in [0.3, 0.4) is 0 Å². The summed E-state index contributed by atoms with van der Waals surface area (Å²) in [5, 5.41) is 3.32. The fourth-order valence-electron chi connectivity index (χ4n) is 2.83. The minimum Gasteiger partial charge on any atom is -0.389 e. The summed E-state index contributed by atoms with van der Waals surface area (Å²) >= 11 is 4.76. The number of halogens is 3. The predicted molar refractivity (Wildman–Crippen MR) is 82.4 cm³/mol. The van der Waals surface area contributed by atoms with Gasteiger partial charge in [-0.15, -0.1) is 0 Å². The molecule has 0 heterocycles. The second-order valence-corrected chi connectivity index (χ2v) is 6.07. The lowest BCUT2D eigenvalue weighted by Crippen LogP contribution is -2.30. The summed E-state index contributed by atoms with van der Waals surface area (Å²) in [4.78, 5) is -0.234. The van der Waals surface area contributed by atoms with Crippen LogP contribution in [0.4, 0.5) is 18.9 Å². The third kappa shape index (κ3) is 3.87. The maximum Gasteiger partial charge on any atom is 0.417 e. The standard InChI is InChI=1S/C15H19F3N2S/c1-9-4-2-3-5-13(9)20-10-6-7-12(15(16,17)18)11(8-10)14(19)21/h6-9,13,20H,2-5H2,1H3,(H2,19,21). The highest BCUT2D eigenvalue weighted by Crippen LogP contribution is 2.34. The molecular weight excluding hydrogens is 297 g/mol. The molecule has 2 atom stereocenters.